The molecule has 4 heteroatoms. The first-order valence-corrected chi connectivity index (χ1v) is 7.22. The molecule has 0 radical (unpaired) electrons. The zero-order valence-corrected chi connectivity index (χ0v) is 12.2. The average Bonchev–Trinajstić information content (AvgIpc) is 2.64. The van der Waals surface area contributed by atoms with Crippen LogP contribution >= 0.6 is 0 Å². The van der Waals surface area contributed by atoms with Gasteiger partial charge in [-0.2, -0.15) is 0 Å². The summed E-state index contributed by atoms with van der Waals surface area (Å²) in [7, 11) is 1.69. The molecule has 1 aliphatic heterocycles. The van der Waals surface area contributed by atoms with Crippen molar-refractivity contribution in [2.45, 2.75) is 71.1 Å². The smallest absolute Gasteiger partial charge is 0.241 e. The highest BCUT2D eigenvalue weighted by Crippen LogP contribution is 2.21. The Hall–Kier alpha value is -0.610. The largest absolute Gasteiger partial charge is 0.383 e. The van der Waals surface area contributed by atoms with Crippen LogP contribution in [0.2, 0.25) is 0 Å². The monoisotopic (exact) mass is 256 g/mol. The molecule has 1 saturated heterocycles. The number of nitrogens with one attached hydrogen (secondary N) is 1. The summed E-state index contributed by atoms with van der Waals surface area (Å²) in [4.78, 5) is 14.4. The van der Waals surface area contributed by atoms with Gasteiger partial charge in [-0.15, -0.1) is 0 Å². The zero-order chi connectivity index (χ0) is 13.5. The lowest BCUT2D eigenvalue weighted by molar-refractivity contribution is -0.133. The first kappa shape index (κ1) is 15.4. The maximum atomic E-state index is 12.4. The summed E-state index contributed by atoms with van der Waals surface area (Å²) < 4.78 is 5.19. The van der Waals surface area contributed by atoms with Gasteiger partial charge in [0.1, 0.15) is 0 Å². The van der Waals surface area contributed by atoms with Crippen molar-refractivity contribution in [2.75, 3.05) is 13.7 Å². The Morgan fingerprint density at radius 3 is 2.61 bits per heavy atom. The molecule has 0 aromatic carbocycles. The van der Waals surface area contributed by atoms with E-state index in [-0.39, 0.29) is 24.2 Å². The van der Waals surface area contributed by atoms with Crippen molar-refractivity contribution in [1.29, 1.82) is 0 Å². The summed E-state index contributed by atoms with van der Waals surface area (Å²) in [5, 5.41) is 3.49. The van der Waals surface area contributed by atoms with Crippen LogP contribution in [0.25, 0.3) is 0 Å². The molecular formula is C14H28N2O2. The van der Waals surface area contributed by atoms with E-state index in [1.54, 1.807) is 7.11 Å². The molecule has 1 aliphatic rings. The molecule has 0 saturated carbocycles. The standard InChI is InChI=1S/C14H28N2O2/c1-5-7-9-12-14(17)16(11(3)10-18-4)13(15-12)8-6-2/h11-13,15H,5-10H2,1-4H3. The zero-order valence-electron chi connectivity index (χ0n) is 12.2. The van der Waals surface area contributed by atoms with Gasteiger partial charge in [0.05, 0.1) is 24.9 Å². The van der Waals surface area contributed by atoms with Gasteiger partial charge in [0.15, 0.2) is 0 Å². The molecule has 1 rings (SSSR count). The first-order chi connectivity index (χ1) is 8.65. The van der Waals surface area contributed by atoms with Crippen molar-refractivity contribution in [2.24, 2.45) is 0 Å². The van der Waals surface area contributed by atoms with Crippen LogP contribution in [0.5, 0.6) is 0 Å². The Morgan fingerprint density at radius 2 is 2.06 bits per heavy atom. The third-order valence-corrected chi connectivity index (χ3v) is 3.57. The topological polar surface area (TPSA) is 41.6 Å². The molecule has 1 N–H and O–H groups in total. The Morgan fingerprint density at radius 1 is 1.33 bits per heavy atom. The summed E-state index contributed by atoms with van der Waals surface area (Å²) in [6.07, 6.45) is 5.48. The van der Waals surface area contributed by atoms with Crippen LogP contribution < -0.4 is 5.32 Å². The van der Waals surface area contributed by atoms with E-state index in [0.717, 1.165) is 32.1 Å². The molecule has 3 atom stereocenters. The SMILES string of the molecule is CCCCC1NC(CCC)N(C(C)COC)C1=O. The number of hydrogen-bond donors (Lipinski definition) is 1. The van der Waals surface area contributed by atoms with E-state index in [1.165, 1.54) is 0 Å². The summed E-state index contributed by atoms with van der Waals surface area (Å²) in [6.45, 7) is 6.99. The summed E-state index contributed by atoms with van der Waals surface area (Å²) >= 11 is 0. The van der Waals surface area contributed by atoms with E-state index < -0.39 is 0 Å². The van der Waals surface area contributed by atoms with Crippen LogP contribution in [0.1, 0.15) is 52.9 Å². The average molecular weight is 256 g/mol. The molecule has 4 nitrogen and oxygen atoms in total. The highest BCUT2D eigenvalue weighted by atomic mass is 16.5. The maximum absolute atomic E-state index is 12.4. The summed E-state index contributed by atoms with van der Waals surface area (Å²) in [5.41, 5.74) is 0. The van der Waals surface area contributed by atoms with Crippen LogP contribution in [0.3, 0.4) is 0 Å². The lowest BCUT2D eigenvalue weighted by Gasteiger charge is -2.29. The lowest BCUT2D eigenvalue weighted by atomic mass is 10.1. The summed E-state index contributed by atoms with van der Waals surface area (Å²) in [6, 6.07) is 0.166. The number of unbranched alkanes of at least 4 members (excludes halogenated alkanes) is 1. The van der Waals surface area contributed by atoms with Crippen LogP contribution in [-0.4, -0.2) is 42.8 Å². The van der Waals surface area contributed by atoms with Gasteiger partial charge in [-0.1, -0.05) is 33.1 Å². The van der Waals surface area contributed by atoms with Gasteiger partial charge in [-0.05, 0) is 19.8 Å². The quantitative estimate of drug-likeness (QED) is 0.723. The molecule has 0 aromatic heterocycles. The van der Waals surface area contributed by atoms with Crippen LogP contribution in [0.4, 0.5) is 0 Å². The molecule has 0 aromatic rings. The fourth-order valence-corrected chi connectivity index (χ4v) is 2.67. The van der Waals surface area contributed by atoms with Gasteiger partial charge in [0, 0.05) is 7.11 Å². The Labute approximate surface area is 111 Å². The molecule has 1 heterocycles. The number of hydrogen-bond acceptors (Lipinski definition) is 3. The van der Waals surface area contributed by atoms with Crippen molar-refractivity contribution >= 4 is 5.91 Å². The maximum Gasteiger partial charge on any atom is 0.241 e. The highest BCUT2D eigenvalue weighted by molar-refractivity contribution is 5.84. The van der Waals surface area contributed by atoms with Gasteiger partial charge < -0.3 is 9.64 Å². The van der Waals surface area contributed by atoms with Crippen molar-refractivity contribution < 1.29 is 9.53 Å². The number of carbonyl (C=O) groups excluding carboxylic acids is 1. The molecule has 0 aliphatic carbocycles. The fraction of sp³-hybridized carbons (Fsp3) is 0.929. The van der Waals surface area contributed by atoms with E-state index in [1.807, 2.05) is 4.90 Å². The second-order valence-electron chi connectivity index (χ2n) is 5.22. The molecule has 0 bridgehead atoms. The van der Waals surface area contributed by atoms with Crippen molar-refractivity contribution in [3.63, 3.8) is 0 Å². The molecule has 18 heavy (non-hydrogen) atoms. The second kappa shape index (κ2) is 7.74. The Kier molecular flexibility index (Phi) is 6.65. The second-order valence-corrected chi connectivity index (χ2v) is 5.22. The number of ether oxygens (including phenoxy) is 1. The third-order valence-electron chi connectivity index (χ3n) is 3.57. The van der Waals surface area contributed by atoms with E-state index in [2.05, 4.69) is 26.1 Å². The van der Waals surface area contributed by atoms with Gasteiger partial charge in [0.2, 0.25) is 5.91 Å². The minimum Gasteiger partial charge on any atom is -0.383 e. The van der Waals surface area contributed by atoms with Crippen molar-refractivity contribution in [3.8, 4) is 0 Å². The highest BCUT2D eigenvalue weighted by Gasteiger charge is 2.39. The van der Waals surface area contributed by atoms with E-state index in [4.69, 9.17) is 4.74 Å². The third kappa shape index (κ3) is 3.69. The van der Waals surface area contributed by atoms with Crippen LogP contribution in [0, 0.1) is 0 Å². The predicted molar refractivity (Wildman–Crippen MR) is 73.3 cm³/mol. The lowest BCUT2D eigenvalue weighted by Crippen LogP contribution is -2.45. The summed E-state index contributed by atoms with van der Waals surface area (Å²) in [5.74, 6) is 0.256. The molecular weight excluding hydrogens is 228 g/mol. The van der Waals surface area contributed by atoms with E-state index in [0.29, 0.717) is 6.61 Å². The first-order valence-electron chi connectivity index (χ1n) is 7.22. The Bertz CT molecular complexity index is 258. The normalized spacial score (nSPS) is 25.8. The molecule has 3 unspecified atom stereocenters. The number of rotatable bonds is 8. The number of amides is 1. The molecule has 106 valence electrons. The van der Waals surface area contributed by atoms with Crippen LogP contribution in [0.15, 0.2) is 0 Å². The van der Waals surface area contributed by atoms with Crippen LogP contribution in [-0.2, 0) is 9.53 Å². The van der Waals surface area contributed by atoms with E-state index >= 15 is 0 Å². The minimum atomic E-state index is 0.0146. The van der Waals surface area contributed by atoms with Gasteiger partial charge in [0.25, 0.3) is 0 Å². The Balaban J connectivity index is 2.67. The van der Waals surface area contributed by atoms with Gasteiger partial charge in [-0.3, -0.25) is 10.1 Å². The van der Waals surface area contributed by atoms with Gasteiger partial charge >= 0.3 is 0 Å². The molecule has 1 amide bonds. The van der Waals surface area contributed by atoms with E-state index in [9.17, 15) is 4.79 Å². The number of carbonyl (C=O) groups is 1. The predicted octanol–water partition coefficient (Wildman–Crippen LogP) is 2.14. The number of methoxy groups -OCH3 is 1. The van der Waals surface area contributed by atoms with Crippen molar-refractivity contribution in [3.05, 3.63) is 0 Å². The van der Waals surface area contributed by atoms with Gasteiger partial charge in [-0.25, -0.2) is 0 Å². The number of nitrogens with zero attached hydrogens (tertiary/aromatic N) is 1. The molecule has 0 spiro atoms. The fourth-order valence-electron chi connectivity index (χ4n) is 2.67. The minimum absolute atomic E-state index is 0.0146. The van der Waals surface area contributed by atoms with Crippen molar-refractivity contribution in [1.82, 2.24) is 10.2 Å². The molecule has 1 fully saturated rings.